The third kappa shape index (κ3) is 4.00. The Balaban J connectivity index is 1.94. The summed E-state index contributed by atoms with van der Waals surface area (Å²) in [7, 11) is 1.51. The molecule has 0 saturated carbocycles. The SMILES string of the molecule is CNC(=O)c1c(NC(=O)c2cccc(C(F)(F)F)c2)sc2c1CC[C@@H](C)C2. The van der Waals surface area contributed by atoms with E-state index in [-0.39, 0.29) is 11.5 Å². The van der Waals surface area contributed by atoms with E-state index in [1.165, 1.54) is 30.5 Å². The lowest BCUT2D eigenvalue weighted by Gasteiger charge is -2.18. The molecule has 144 valence electrons. The van der Waals surface area contributed by atoms with Gasteiger partial charge >= 0.3 is 6.18 Å². The molecule has 0 spiro atoms. The van der Waals surface area contributed by atoms with Crippen LogP contribution in [0.25, 0.3) is 0 Å². The van der Waals surface area contributed by atoms with Crippen molar-refractivity contribution in [1.29, 1.82) is 0 Å². The first kappa shape index (κ1) is 19.4. The van der Waals surface area contributed by atoms with Gasteiger partial charge in [-0.1, -0.05) is 13.0 Å². The van der Waals surface area contributed by atoms with Crippen LogP contribution < -0.4 is 10.6 Å². The van der Waals surface area contributed by atoms with Crippen molar-refractivity contribution >= 4 is 28.2 Å². The zero-order chi connectivity index (χ0) is 19.8. The summed E-state index contributed by atoms with van der Waals surface area (Å²) in [4.78, 5) is 25.9. The Hall–Kier alpha value is -2.35. The number of halogens is 3. The number of alkyl halides is 3. The first-order valence-corrected chi connectivity index (χ1v) is 9.37. The molecule has 4 nitrogen and oxygen atoms in total. The van der Waals surface area contributed by atoms with E-state index in [2.05, 4.69) is 17.6 Å². The van der Waals surface area contributed by atoms with Gasteiger partial charge in [0.2, 0.25) is 0 Å². The van der Waals surface area contributed by atoms with Crippen LogP contribution in [0.2, 0.25) is 0 Å². The Labute approximate surface area is 158 Å². The molecule has 0 unspecified atom stereocenters. The molecule has 0 aliphatic heterocycles. The smallest absolute Gasteiger partial charge is 0.355 e. The third-order valence-electron chi connectivity index (χ3n) is 4.64. The fourth-order valence-corrected chi connectivity index (χ4v) is 4.62. The largest absolute Gasteiger partial charge is 0.416 e. The van der Waals surface area contributed by atoms with Gasteiger partial charge in [-0.15, -0.1) is 11.3 Å². The van der Waals surface area contributed by atoms with E-state index in [1.54, 1.807) is 0 Å². The molecule has 1 aromatic carbocycles. The minimum atomic E-state index is -4.53. The van der Waals surface area contributed by atoms with E-state index in [9.17, 15) is 22.8 Å². The number of anilines is 1. The first-order chi connectivity index (χ1) is 12.7. The summed E-state index contributed by atoms with van der Waals surface area (Å²) in [5, 5.41) is 5.61. The van der Waals surface area contributed by atoms with Gasteiger partial charge in [-0.3, -0.25) is 9.59 Å². The highest BCUT2D eigenvalue weighted by Gasteiger charge is 2.31. The molecule has 0 saturated heterocycles. The molecule has 1 aromatic heterocycles. The number of thiophene rings is 1. The summed E-state index contributed by atoms with van der Waals surface area (Å²) in [6.07, 6.45) is -2.00. The van der Waals surface area contributed by atoms with E-state index in [1.807, 2.05) is 0 Å². The van der Waals surface area contributed by atoms with Crippen molar-refractivity contribution in [3.05, 3.63) is 51.4 Å². The molecule has 0 bridgehead atoms. The maximum absolute atomic E-state index is 12.9. The maximum atomic E-state index is 12.9. The van der Waals surface area contributed by atoms with Crippen molar-refractivity contribution in [1.82, 2.24) is 5.32 Å². The quantitative estimate of drug-likeness (QED) is 0.802. The standard InChI is InChI=1S/C19H19F3N2O2S/c1-10-6-7-13-14(8-10)27-18(15(13)17(26)23-2)24-16(25)11-4-3-5-12(9-11)19(20,21)22/h3-5,9-10H,6-8H2,1-2H3,(H,23,26)(H,24,25)/t10-/m1/s1. The summed E-state index contributed by atoms with van der Waals surface area (Å²) in [6, 6.07) is 4.24. The van der Waals surface area contributed by atoms with Gasteiger partial charge in [0.15, 0.2) is 0 Å². The lowest BCUT2D eigenvalue weighted by molar-refractivity contribution is -0.137. The van der Waals surface area contributed by atoms with Crippen molar-refractivity contribution in [2.45, 2.75) is 32.4 Å². The normalized spacial score (nSPS) is 16.6. The van der Waals surface area contributed by atoms with Gasteiger partial charge in [0.05, 0.1) is 11.1 Å². The second kappa shape index (κ2) is 7.34. The molecule has 2 amide bonds. The molecular formula is C19H19F3N2O2S. The summed E-state index contributed by atoms with van der Waals surface area (Å²) >= 11 is 1.33. The topological polar surface area (TPSA) is 58.2 Å². The molecule has 0 radical (unpaired) electrons. The van der Waals surface area contributed by atoms with Crippen LogP contribution in [-0.4, -0.2) is 18.9 Å². The molecule has 0 fully saturated rings. The molecule has 1 aliphatic rings. The average Bonchev–Trinajstić information content (AvgIpc) is 2.97. The monoisotopic (exact) mass is 396 g/mol. The fourth-order valence-electron chi connectivity index (χ4n) is 3.22. The summed E-state index contributed by atoms with van der Waals surface area (Å²) in [5.41, 5.74) is 0.356. The van der Waals surface area contributed by atoms with Crippen LogP contribution in [0.1, 0.15) is 50.1 Å². The number of carbonyl (C=O) groups excluding carboxylic acids is 2. The molecule has 8 heteroatoms. The van der Waals surface area contributed by atoms with Crippen LogP contribution in [0.4, 0.5) is 18.2 Å². The number of benzene rings is 1. The number of amides is 2. The van der Waals surface area contributed by atoms with Crippen LogP contribution in [0, 0.1) is 5.92 Å². The molecule has 1 heterocycles. The second-order valence-electron chi connectivity index (χ2n) is 6.67. The van der Waals surface area contributed by atoms with Gasteiger partial charge in [-0.25, -0.2) is 0 Å². The number of hydrogen-bond donors (Lipinski definition) is 2. The number of hydrogen-bond acceptors (Lipinski definition) is 3. The van der Waals surface area contributed by atoms with Crippen molar-refractivity contribution in [3.8, 4) is 0 Å². The van der Waals surface area contributed by atoms with Gasteiger partial charge < -0.3 is 10.6 Å². The molecule has 1 aliphatic carbocycles. The average molecular weight is 396 g/mol. The van der Waals surface area contributed by atoms with Gasteiger partial charge in [-0.05, 0) is 48.9 Å². The molecule has 2 aromatic rings. The molecule has 1 atom stereocenters. The summed E-state index contributed by atoms with van der Waals surface area (Å²) in [6.45, 7) is 2.13. The lowest BCUT2D eigenvalue weighted by atomic mass is 9.88. The van der Waals surface area contributed by atoms with Crippen LogP contribution >= 0.6 is 11.3 Å². The minimum absolute atomic E-state index is 0.104. The first-order valence-electron chi connectivity index (χ1n) is 8.56. The van der Waals surface area contributed by atoms with Gasteiger partial charge in [0, 0.05) is 17.5 Å². The van der Waals surface area contributed by atoms with E-state index in [0.717, 1.165) is 41.8 Å². The van der Waals surface area contributed by atoms with Gasteiger partial charge in [0.1, 0.15) is 5.00 Å². The van der Waals surface area contributed by atoms with E-state index in [4.69, 9.17) is 0 Å². The van der Waals surface area contributed by atoms with E-state index >= 15 is 0 Å². The number of rotatable bonds is 3. The van der Waals surface area contributed by atoms with Crippen molar-refractivity contribution in [3.63, 3.8) is 0 Å². The maximum Gasteiger partial charge on any atom is 0.416 e. The Morgan fingerprint density at radius 1 is 1.22 bits per heavy atom. The Morgan fingerprint density at radius 3 is 2.63 bits per heavy atom. The number of carbonyl (C=O) groups is 2. The Morgan fingerprint density at radius 2 is 1.96 bits per heavy atom. The minimum Gasteiger partial charge on any atom is -0.355 e. The third-order valence-corrected chi connectivity index (χ3v) is 5.81. The summed E-state index contributed by atoms with van der Waals surface area (Å²) < 4.78 is 38.6. The zero-order valence-electron chi connectivity index (χ0n) is 14.9. The van der Waals surface area contributed by atoms with Crippen LogP contribution in [0.3, 0.4) is 0 Å². The Kier molecular flexibility index (Phi) is 5.28. The summed E-state index contributed by atoms with van der Waals surface area (Å²) in [5.74, 6) is -0.486. The Bertz CT molecular complexity index is 890. The van der Waals surface area contributed by atoms with E-state index < -0.39 is 17.6 Å². The lowest BCUT2D eigenvalue weighted by Crippen LogP contribution is -2.22. The van der Waals surface area contributed by atoms with Crippen LogP contribution in [-0.2, 0) is 19.0 Å². The number of nitrogens with one attached hydrogen (secondary N) is 2. The predicted octanol–water partition coefficient (Wildman–Crippen LogP) is 4.50. The highest BCUT2D eigenvalue weighted by atomic mass is 32.1. The molecule has 2 N–H and O–H groups in total. The molecule has 27 heavy (non-hydrogen) atoms. The zero-order valence-corrected chi connectivity index (χ0v) is 15.7. The van der Waals surface area contributed by atoms with Crippen molar-refractivity contribution in [2.24, 2.45) is 5.92 Å². The fraction of sp³-hybridized carbons (Fsp3) is 0.368. The van der Waals surface area contributed by atoms with Gasteiger partial charge in [0.25, 0.3) is 11.8 Å². The second-order valence-corrected chi connectivity index (χ2v) is 7.77. The van der Waals surface area contributed by atoms with Crippen molar-refractivity contribution < 1.29 is 22.8 Å². The molecule has 3 rings (SSSR count). The highest BCUT2D eigenvalue weighted by Crippen LogP contribution is 2.40. The predicted molar refractivity (Wildman–Crippen MR) is 98.3 cm³/mol. The van der Waals surface area contributed by atoms with Crippen LogP contribution in [0.15, 0.2) is 24.3 Å². The highest BCUT2D eigenvalue weighted by molar-refractivity contribution is 7.17. The van der Waals surface area contributed by atoms with E-state index in [0.29, 0.717) is 16.5 Å². The van der Waals surface area contributed by atoms with Gasteiger partial charge in [-0.2, -0.15) is 13.2 Å². The van der Waals surface area contributed by atoms with Crippen LogP contribution in [0.5, 0.6) is 0 Å². The number of fused-ring (bicyclic) bond motifs is 1. The van der Waals surface area contributed by atoms with Crippen molar-refractivity contribution in [2.75, 3.05) is 12.4 Å². The molecular weight excluding hydrogens is 377 g/mol.